The van der Waals surface area contributed by atoms with Crippen molar-refractivity contribution in [2.45, 2.75) is 32.2 Å². The zero-order valence-electron chi connectivity index (χ0n) is 8.16. The SMILES string of the molecule is CC(O)=[SH]CC(=O)N(C)C1CCC1. The van der Waals surface area contributed by atoms with E-state index in [-0.39, 0.29) is 5.91 Å². The van der Waals surface area contributed by atoms with Crippen molar-refractivity contribution in [1.82, 2.24) is 4.90 Å². The first-order valence-corrected chi connectivity index (χ1v) is 5.65. The van der Waals surface area contributed by atoms with Crippen molar-refractivity contribution in [3.63, 3.8) is 0 Å². The van der Waals surface area contributed by atoms with Gasteiger partial charge in [-0.2, -0.15) is 11.4 Å². The lowest BCUT2D eigenvalue weighted by molar-refractivity contribution is -0.130. The van der Waals surface area contributed by atoms with Gasteiger partial charge in [-0.05, 0) is 26.2 Å². The van der Waals surface area contributed by atoms with Crippen LogP contribution >= 0.6 is 11.4 Å². The molecule has 0 aliphatic heterocycles. The summed E-state index contributed by atoms with van der Waals surface area (Å²) in [6.45, 7) is 1.62. The maximum absolute atomic E-state index is 11.5. The quantitative estimate of drug-likeness (QED) is 0.534. The summed E-state index contributed by atoms with van der Waals surface area (Å²) in [5, 5.41) is 9.24. The van der Waals surface area contributed by atoms with Crippen LogP contribution < -0.4 is 0 Å². The zero-order chi connectivity index (χ0) is 9.84. The number of aliphatic hydroxyl groups excluding tert-OH is 1. The molecule has 0 heterocycles. The molecular weight excluding hydrogens is 186 g/mol. The summed E-state index contributed by atoms with van der Waals surface area (Å²) < 4.78 is 0. The van der Waals surface area contributed by atoms with Gasteiger partial charge >= 0.3 is 0 Å². The largest absolute Gasteiger partial charge is 0.360 e. The summed E-state index contributed by atoms with van der Waals surface area (Å²) in [4.78, 5) is 13.3. The minimum absolute atomic E-state index is 0.139. The highest BCUT2D eigenvalue weighted by molar-refractivity contribution is 7.99. The molecule has 1 saturated carbocycles. The van der Waals surface area contributed by atoms with Crippen LogP contribution in [0.4, 0.5) is 0 Å². The number of thiol groups is 1. The average Bonchev–Trinajstić information content (AvgIpc) is 1.96. The van der Waals surface area contributed by atoms with Gasteiger partial charge in [0.25, 0.3) is 0 Å². The van der Waals surface area contributed by atoms with Crippen molar-refractivity contribution in [2.75, 3.05) is 12.8 Å². The molecule has 76 valence electrons. The molecule has 4 heteroatoms. The Morgan fingerprint density at radius 1 is 1.62 bits per heavy atom. The first kappa shape index (κ1) is 10.7. The molecule has 1 aliphatic carbocycles. The van der Waals surface area contributed by atoms with E-state index in [9.17, 15) is 4.79 Å². The number of nitrogens with zero attached hydrogens (tertiary/aromatic N) is 1. The Kier molecular flexibility index (Phi) is 3.93. The lowest BCUT2D eigenvalue weighted by Gasteiger charge is -2.34. The van der Waals surface area contributed by atoms with Crippen LogP contribution in [0.1, 0.15) is 26.2 Å². The van der Waals surface area contributed by atoms with Gasteiger partial charge in [0.15, 0.2) is 0 Å². The van der Waals surface area contributed by atoms with Gasteiger partial charge in [-0.25, -0.2) is 0 Å². The topological polar surface area (TPSA) is 40.5 Å². The van der Waals surface area contributed by atoms with Crippen LogP contribution in [0.5, 0.6) is 0 Å². The molecule has 1 rings (SSSR count). The molecular formula is C9H17NO2S. The first-order chi connectivity index (χ1) is 6.11. The molecule has 3 nitrogen and oxygen atoms in total. The number of hydrogen-bond donors (Lipinski definition) is 2. The van der Waals surface area contributed by atoms with Crippen molar-refractivity contribution < 1.29 is 9.90 Å². The fourth-order valence-corrected chi connectivity index (χ4v) is 1.86. The van der Waals surface area contributed by atoms with Gasteiger partial charge in [0, 0.05) is 13.1 Å². The van der Waals surface area contributed by atoms with Gasteiger partial charge in [0.2, 0.25) is 5.91 Å². The summed E-state index contributed by atoms with van der Waals surface area (Å²) in [7, 11) is 1.86. The molecule has 0 atom stereocenters. The van der Waals surface area contributed by atoms with E-state index in [0.29, 0.717) is 16.8 Å². The lowest BCUT2D eigenvalue weighted by Crippen LogP contribution is -2.42. The van der Waals surface area contributed by atoms with Crippen molar-refractivity contribution in [2.24, 2.45) is 0 Å². The first-order valence-electron chi connectivity index (χ1n) is 4.57. The molecule has 13 heavy (non-hydrogen) atoms. The van der Waals surface area contributed by atoms with Crippen LogP contribution in [-0.2, 0) is 4.79 Å². The molecule has 0 spiro atoms. The summed E-state index contributed by atoms with van der Waals surface area (Å²) in [5.41, 5.74) is 0. The van der Waals surface area contributed by atoms with Gasteiger partial charge in [-0.3, -0.25) is 4.79 Å². The average molecular weight is 203 g/mol. The second-order valence-corrected chi connectivity index (χ2v) is 4.73. The number of rotatable bonds is 3. The number of carbonyl (C=O) groups excluding carboxylic acids is 1. The third-order valence-electron chi connectivity index (χ3n) is 2.46. The second-order valence-electron chi connectivity index (χ2n) is 3.45. The number of aliphatic hydroxyl groups is 1. The van der Waals surface area contributed by atoms with Crippen molar-refractivity contribution in [3.05, 3.63) is 0 Å². The highest BCUT2D eigenvalue weighted by Crippen LogP contribution is 2.23. The van der Waals surface area contributed by atoms with Crippen LogP contribution in [0.3, 0.4) is 0 Å². The Morgan fingerprint density at radius 3 is 2.62 bits per heavy atom. The van der Waals surface area contributed by atoms with Crippen LogP contribution in [0.25, 0.3) is 0 Å². The van der Waals surface area contributed by atoms with Gasteiger partial charge in [-0.1, -0.05) is 0 Å². The summed E-state index contributed by atoms with van der Waals surface area (Å²) in [6, 6.07) is 0.460. The normalized spacial score (nSPS) is 18.8. The lowest BCUT2D eigenvalue weighted by atomic mass is 9.92. The summed E-state index contributed by atoms with van der Waals surface area (Å²) in [6.07, 6.45) is 3.52. The molecule has 0 bridgehead atoms. The fraction of sp³-hybridized carbons (Fsp3) is 0.778. The van der Waals surface area contributed by atoms with E-state index in [2.05, 4.69) is 0 Å². The van der Waals surface area contributed by atoms with E-state index >= 15 is 0 Å². The maximum atomic E-state index is 11.5. The minimum atomic E-state index is 0.139. The molecule has 0 aromatic carbocycles. The Hall–Kier alpha value is -0.350. The van der Waals surface area contributed by atoms with Gasteiger partial charge < -0.3 is 10.0 Å². The predicted octanol–water partition coefficient (Wildman–Crippen LogP) is 1.17. The van der Waals surface area contributed by atoms with Gasteiger partial charge in [0.1, 0.15) is 0 Å². The predicted molar refractivity (Wildman–Crippen MR) is 57.6 cm³/mol. The van der Waals surface area contributed by atoms with Crippen LogP contribution in [0, 0.1) is 0 Å². The van der Waals surface area contributed by atoms with E-state index in [4.69, 9.17) is 5.11 Å². The minimum Gasteiger partial charge on any atom is -0.360 e. The van der Waals surface area contributed by atoms with Crippen molar-refractivity contribution in [3.8, 4) is 0 Å². The van der Waals surface area contributed by atoms with Crippen LogP contribution in [-0.4, -0.2) is 39.8 Å². The standard InChI is InChI=1S/C9H17NO2S/c1-7(11)13-6-9(12)10(2)8-4-3-5-8/h8,11,13H,3-6H2,1-2H3. The number of hydrogen-bond acceptors (Lipinski definition) is 1. The van der Waals surface area contributed by atoms with Crippen LogP contribution in [0.15, 0.2) is 0 Å². The van der Waals surface area contributed by atoms with Crippen LogP contribution in [0.2, 0.25) is 0 Å². The Balaban J connectivity index is 2.33. The number of carbonyl (C=O) groups is 1. The van der Waals surface area contributed by atoms with Crippen molar-refractivity contribution >= 4 is 22.3 Å². The Bertz CT molecular complexity index is 220. The Morgan fingerprint density at radius 2 is 2.23 bits per heavy atom. The summed E-state index contributed by atoms with van der Waals surface area (Å²) in [5.74, 6) is 0.551. The Labute approximate surface area is 82.7 Å². The molecule has 0 aromatic heterocycles. The van der Waals surface area contributed by atoms with Crippen molar-refractivity contribution in [1.29, 1.82) is 0 Å². The fourth-order valence-electron chi connectivity index (χ4n) is 1.27. The van der Waals surface area contributed by atoms with E-state index in [1.807, 2.05) is 11.9 Å². The van der Waals surface area contributed by atoms with E-state index in [1.165, 1.54) is 6.42 Å². The molecule has 0 unspecified atom stereocenters. The molecule has 1 fully saturated rings. The van der Waals surface area contributed by atoms with E-state index in [0.717, 1.165) is 24.2 Å². The smallest absolute Gasteiger partial charge is 0.231 e. The maximum Gasteiger partial charge on any atom is 0.231 e. The van der Waals surface area contributed by atoms with Gasteiger partial charge in [-0.15, -0.1) is 0 Å². The number of amides is 1. The highest BCUT2D eigenvalue weighted by atomic mass is 32.1. The molecule has 0 radical (unpaired) electrons. The van der Waals surface area contributed by atoms with E-state index < -0.39 is 0 Å². The molecule has 0 aromatic rings. The second kappa shape index (κ2) is 4.77. The molecule has 1 aliphatic rings. The van der Waals surface area contributed by atoms with Gasteiger partial charge in [0.05, 0.1) is 10.8 Å². The third-order valence-corrected chi connectivity index (χ3v) is 3.35. The monoisotopic (exact) mass is 203 g/mol. The third kappa shape index (κ3) is 3.12. The summed E-state index contributed by atoms with van der Waals surface area (Å²) >= 11 is 0.731. The molecule has 1 amide bonds. The van der Waals surface area contributed by atoms with E-state index in [1.54, 1.807) is 6.92 Å². The molecule has 1 N–H and O–H groups in total. The highest BCUT2D eigenvalue weighted by Gasteiger charge is 2.24. The zero-order valence-corrected chi connectivity index (χ0v) is 9.05. The molecule has 0 saturated heterocycles.